The van der Waals surface area contributed by atoms with Crippen LogP contribution in [-0.4, -0.2) is 43.0 Å². The number of likely N-dealkylation sites (N-methyl/N-ethyl adjacent to an activating group) is 1. The molecule has 0 atom stereocenters. The van der Waals surface area contributed by atoms with E-state index in [9.17, 15) is 0 Å². The lowest BCUT2D eigenvalue weighted by Crippen LogP contribution is -2.28. The molecule has 0 spiro atoms. The van der Waals surface area contributed by atoms with Crippen molar-refractivity contribution in [3.8, 4) is 0 Å². The Balaban J connectivity index is 1.93. The lowest BCUT2D eigenvalue weighted by Gasteiger charge is -2.20. The summed E-state index contributed by atoms with van der Waals surface area (Å²) >= 11 is 3.53. The van der Waals surface area contributed by atoms with Crippen LogP contribution < -0.4 is 0 Å². The highest BCUT2D eigenvalue weighted by Gasteiger charge is 2.11. The van der Waals surface area contributed by atoms with Crippen LogP contribution in [0.15, 0.2) is 28.7 Å². The summed E-state index contributed by atoms with van der Waals surface area (Å²) in [7, 11) is 2.21. The summed E-state index contributed by atoms with van der Waals surface area (Å²) in [5.41, 5.74) is 1.40. The molecule has 16 heavy (non-hydrogen) atoms. The van der Waals surface area contributed by atoms with Crippen LogP contribution in [0.25, 0.3) is 0 Å². The third-order valence-electron chi connectivity index (χ3n) is 3.11. The quantitative estimate of drug-likeness (QED) is 0.823. The molecule has 1 aromatic carbocycles. The van der Waals surface area contributed by atoms with Crippen molar-refractivity contribution in [3.05, 3.63) is 34.3 Å². The Labute approximate surface area is 106 Å². The van der Waals surface area contributed by atoms with E-state index in [1.165, 1.54) is 42.6 Å². The fourth-order valence-electron chi connectivity index (χ4n) is 2.15. The summed E-state index contributed by atoms with van der Waals surface area (Å²) < 4.78 is 1.18. The molecular formula is C13H19BrN2. The van der Waals surface area contributed by atoms with Crippen LogP contribution in [0, 0.1) is 0 Å². The van der Waals surface area contributed by atoms with Crippen molar-refractivity contribution >= 4 is 15.9 Å². The molecule has 1 aliphatic rings. The lowest BCUT2D eigenvalue weighted by molar-refractivity contribution is 0.269. The van der Waals surface area contributed by atoms with E-state index < -0.39 is 0 Å². The van der Waals surface area contributed by atoms with Crippen LogP contribution >= 0.6 is 15.9 Å². The first-order chi connectivity index (χ1) is 7.74. The van der Waals surface area contributed by atoms with Crippen molar-refractivity contribution in [3.63, 3.8) is 0 Å². The van der Waals surface area contributed by atoms with Crippen LogP contribution in [0.4, 0.5) is 0 Å². The Morgan fingerprint density at radius 1 is 1.19 bits per heavy atom. The Bertz CT molecular complexity index is 340. The zero-order valence-corrected chi connectivity index (χ0v) is 11.4. The Morgan fingerprint density at radius 2 is 2.06 bits per heavy atom. The van der Waals surface area contributed by atoms with Crippen LogP contribution in [0.1, 0.15) is 12.0 Å². The van der Waals surface area contributed by atoms with E-state index in [4.69, 9.17) is 0 Å². The van der Waals surface area contributed by atoms with Crippen molar-refractivity contribution in [1.82, 2.24) is 9.80 Å². The predicted octanol–water partition coefficient (Wildman–Crippen LogP) is 2.59. The largest absolute Gasteiger partial charge is 0.305 e. The lowest BCUT2D eigenvalue weighted by atomic mass is 10.2. The summed E-state index contributed by atoms with van der Waals surface area (Å²) in [6.45, 7) is 5.90. The van der Waals surface area contributed by atoms with Gasteiger partial charge in [-0.1, -0.05) is 28.1 Å². The highest BCUT2D eigenvalue weighted by atomic mass is 79.9. The molecule has 0 aliphatic carbocycles. The van der Waals surface area contributed by atoms with Crippen LogP contribution in [0.2, 0.25) is 0 Å². The van der Waals surface area contributed by atoms with E-state index in [1.807, 2.05) is 0 Å². The van der Waals surface area contributed by atoms with Crippen molar-refractivity contribution in [1.29, 1.82) is 0 Å². The highest BCUT2D eigenvalue weighted by Crippen LogP contribution is 2.14. The molecule has 1 heterocycles. The molecule has 2 nitrogen and oxygen atoms in total. The highest BCUT2D eigenvalue weighted by molar-refractivity contribution is 9.10. The van der Waals surface area contributed by atoms with Gasteiger partial charge in [0.05, 0.1) is 0 Å². The molecule has 0 bridgehead atoms. The molecule has 1 fully saturated rings. The molecule has 1 saturated heterocycles. The number of hydrogen-bond acceptors (Lipinski definition) is 2. The van der Waals surface area contributed by atoms with Gasteiger partial charge in [0.2, 0.25) is 0 Å². The second-order valence-electron chi connectivity index (χ2n) is 4.56. The van der Waals surface area contributed by atoms with E-state index in [1.54, 1.807) is 0 Å². The van der Waals surface area contributed by atoms with Gasteiger partial charge >= 0.3 is 0 Å². The van der Waals surface area contributed by atoms with E-state index in [2.05, 4.69) is 57.0 Å². The first kappa shape index (κ1) is 12.1. The van der Waals surface area contributed by atoms with Crippen LogP contribution in [-0.2, 0) is 6.54 Å². The van der Waals surface area contributed by atoms with Crippen molar-refractivity contribution in [2.75, 3.05) is 33.2 Å². The first-order valence-corrected chi connectivity index (χ1v) is 6.69. The van der Waals surface area contributed by atoms with Gasteiger partial charge in [-0.2, -0.15) is 0 Å². The van der Waals surface area contributed by atoms with Gasteiger partial charge in [-0.15, -0.1) is 0 Å². The molecule has 3 heteroatoms. The fourth-order valence-corrected chi connectivity index (χ4v) is 2.60. The van der Waals surface area contributed by atoms with Gasteiger partial charge < -0.3 is 4.90 Å². The normalized spacial score (nSPS) is 19.6. The Kier molecular flexibility index (Phi) is 4.38. The molecule has 1 aromatic rings. The summed E-state index contributed by atoms with van der Waals surface area (Å²) in [6, 6.07) is 8.62. The third kappa shape index (κ3) is 3.58. The van der Waals surface area contributed by atoms with Crippen molar-refractivity contribution < 1.29 is 0 Å². The molecule has 88 valence electrons. The molecule has 0 amide bonds. The molecule has 1 aliphatic heterocycles. The average Bonchev–Trinajstić information content (AvgIpc) is 2.44. The van der Waals surface area contributed by atoms with E-state index in [0.29, 0.717) is 0 Å². The van der Waals surface area contributed by atoms with Gasteiger partial charge in [0.15, 0.2) is 0 Å². The smallest absolute Gasteiger partial charge is 0.0234 e. The van der Waals surface area contributed by atoms with Crippen molar-refractivity contribution in [2.24, 2.45) is 0 Å². The number of benzene rings is 1. The molecule has 0 aromatic heterocycles. The number of rotatable bonds is 2. The zero-order valence-electron chi connectivity index (χ0n) is 9.82. The van der Waals surface area contributed by atoms with Crippen molar-refractivity contribution in [2.45, 2.75) is 13.0 Å². The minimum atomic E-state index is 1.08. The Morgan fingerprint density at radius 3 is 2.88 bits per heavy atom. The summed E-state index contributed by atoms with van der Waals surface area (Å²) in [5, 5.41) is 0. The maximum atomic E-state index is 3.53. The molecule has 0 radical (unpaired) electrons. The molecule has 0 N–H and O–H groups in total. The predicted molar refractivity (Wildman–Crippen MR) is 71.5 cm³/mol. The minimum Gasteiger partial charge on any atom is -0.305 e. The number of hydrogen-bond donors (Lipinski definition) is 0. The van der Waals surface area contributed by atoms with Crippen LogP contribution in [0.3, 0.4) is 0 Å². The molecule has 0 saturated carbocycles. The van der Waals surface area contributed by atoms with E-state index in [0.717, 1.165) is 6.54 Å². The fraction of sp³-hybridized carbons (Fsp3) is 0.538. The van der Waals surface area contributed by atoms with E-state index >= 15 is 0 Å². The SMILES string of the molecule is CN1CCCN(Cc2cccc(Br)c2)CC1. The summed E-state index contributed by atoms with van der Waals surface area (Å²) in [6.07, 6.45) is 1.28. The zero-order chi connectivity index (χ0) is 11.4. The Hall–Kier alpha value is -0.380. The topological polar surface area (TPSA) is 6.48 Å². The summed E-state index contributed by atoms with van der Waals surface area (Å²) in [4.78, 5) is 4.96. The second-order valence-corrected chi connectivity index (χ2v) is 5.48. The van der Waals surface area contributed by atoms with Gasteiger partial charge in [0.1, 0.15) is 0 Å². The third-order valence-corrected chi connectivity index (χ3v) is 3.60. The maximum absolute atomic E-state index is 3.53. The molecule has 0 unspecified atom stereocenters. The van der Waals surface area contributed by atoms with Gasteiger partial charge in [-0.3, -0.25) is 4.90 Å². The number of halogens is 1. The minimum absolute atomic E-state index is 1.08. The van der Waals surface area contributed by atoms with Gasteiger partial charge in [-0.25, -0.2) is 0 Å². The van der Waals surface area contributed by atoms with E-state index in [-0.39, 0.29) is 0 Å². The standard InChI is InChI=1S/C13H19BrN2/c1-15-6-3-7-16(9-8-15)11-12-4-2-5-13(14)10-12/h2,4-5,10H,3,6-9,11H2,1H3. The first-order valence-electron chi connectivity index (χ1n) is 5.89. The summed E-state index contributed by atoms with van der Waals surface area (Å²) in [5.74, 6) is 0. The molecule has 2 rings (SSSR count). The maximum Gasteiger partial charge on any atom is 0.0234 e. The van der Waals surface area contributed by atoms with Gasteiger partial charge in [0.25, 0.3) is 0 Å². The monoisotopic (exact) mass is 282 g/mol. The second kappa shape index (κ2) is 5.80. The molecular weight excluding hydrogens is 264 g/mol. The van der Waals surface area contributed by atoms with Gasteiger partial charge in [0, 0.05) is 24.1 Å². The van der Waals surface area contributed by atoms with Crippen LogP contribution in [0.5, 0.6) is 0 Å². The average molecular weight is 283 g/mol. The van der Waals surface area contributed by atoms with Gasteiger partial charge in [-0.05, 0) is 44.3 Å². The number of nitrogens with zero attached hydrogens (tertiary/aromatic N) is 2.